The predicted molar refractivity (Wildman–Crippen MR) is 84.6 cm³/mol. The number of Topliss-reactive ketones (excluding diaryl/α,β-unsaturated/α-hetero) is 1. The SMILES string of the molecule is CCCC(C(=O)CCc1cccc(F)c1)N(CCC)NC=O. The molecule has 0 radical (unpaired) electrons. The second kappa shape index (κ2) is 10.1. The fourth-order valence-corrected chi connectivity index (χ4v) is 2.51. The minimum Gasteiger partial charge on any atom is -0.298 e. The second-order valence-electron chi connectivity index (χ2n) is 5.34. The van der Waals surface area contributed by atoms with Crippen molar-refractivity contribution in [3.8, 4) is 0 Å². The van der Waals surface area contributed by atoms with Crippen LogP contribution in [0.1, 0.15) is 45.1 Å². The number of carbonyl (C=O) groups is 2. The van der Waals surface area contributed by atoms with Gasteiger partial charge in [-0.2, -0.15) is 0 Å². The van der Waals surface area contributed by atoms with E-state index in [4.69, 9.17) is 0 Å². The molecule has 1 aromatic rings. The molecule has 1 aromatic carbocycles. The van der Waals surface area contributed by atoms with Gasteiger partial charge >= 0.3 is 0 Å². The molecule has 4 nitrogen and oxygen atoms in total. The van der Waals surface area contributed by atoms with Crippen LogP contribution in [-0.4, -0.2) is 29.8 Å². The molecular formula is C17H25FN2O2. The van der Waals surface area contributed by atoms with Gasteiger partial charge in [-0.05, 0) is 37.0 Å². The van der Waals surface area contributed by atoms with E-state index >= 15 is 0 Å². The van der Waals surface area contributed by atoms with E-state index < -0.39 is 0 Å². The van der Waals surface area contributed by atoms with Crippen LogP contribution < -0.4 is 5.43 Å². The van der Waals surface area contributed by atoms with Crippen LogP contribution in [0.3, 0.4) is 0 Å². The predicted octanol–water partition coefficient (Wildman–Crippen LogP) is 2.87. The third-order valence-corrected chi connectivity index (χ3v) is 3.54. The largest absolute Gasteiger partial charge is 0.298 e. The molecule has 1 unspecified atom stereocenters. The Morgan fingerprint density at radius 1 is 1.36 bits per heavy atom. The van der Waals surface area contributed by atoms with Crippen LogP contribution in [0.5, 0.6) is 0 Å². The van der Waals surface area contributed by atoms with E-state index in [1.807, 2.05) is 19.9 Å². The molecule has 0 aliphatic heterocycles. The number of rotatable bonds is 11. The molecule has 5 heteroatoms. The maximum atomic E-state index is 13.2. The Morgan fingerprint density at radius 2 is 2.14 bits per heavy atom. The lowest BCUT2D eigenvalue weighted by atomic mass is 9.99. The van der Waals surface area contributed by atoms with Crippen molar-refractivity contribution in [3.05, 3.63) is 35.6 Å². The first-order valence-electron chi connectivity index (χ1n) is 7.86. The molecule has 0 aliphatic carbocycles. The minimum atomic E-state index is -0.316. The van der Waals surface area contributed by atoms with E-state index in [-0.39, 0.29) is 17.6 Å². The van der Waals surface area contributed by atoms with Crippen molar-refractivity contribution >= 4 is 12.2 Å². The van der Waals surface area contributed by atoms with Crippen LogP contribution in [0.4, 0.5) is 4.39 Å². The smallest absolute Gasteiger partial charge is 0.221 e. The van der Waals surface area contributed by atoms with Gasteiger partial charge < -0.3 is 0 Å². The van der Waals surface area contributed by atoms with Gasteiger partial charge in [0.25, 0.3) is 0 Å². The topological polar surface area (TPSA) is 49.4 Å². The number of hydrogen-bond acceptors (Lipinski definition) is 3. The minimum absolute atomic E-state index is 0.0777. The van der Waals surface area contributed by atoms with Gasteiger partial charge in [-0.25, -0.2) is 9.40 Å². The molecular weight excluding hydrogens is 283 g/mol. The van der Waals surface area contributed by atoms with Crippen LogP contribution in [0.15, 0.2) is 24.3 Å². The van der Waals surface area contributed by atoms with Gasteiger partial charge in [0.15, 0.2) is 5.78 Å². The van der Waals surface area contributed by atoms with Gasteiger partial charge in [0.2, 0.25) is 6.41 Å². The molecule has 1 N–H and O–H groups in total. The Morgan fingerprint density at radius 3 is 2.73 bits per heavy atom. The Balaban J connectivity index is 2.68. The maximum Gasteiger partial charge on any atom is 0.221 e. The van der Waals surface area contributed by atoms with Gasteiger partial charge in [-0.15, -0.1) is 0 Å². The third-order valence-electron chi connectivity index (χ3n) is 3.54. The molecule has 0 fully saturated rings. The summed E-state index contributed by atoms with van der Waals surface area (Å²) in [4.78, 5) is 23.2. The highest BCUT2D eigenvalue weighted by molar-refractivity contribution is 5.84. The third kappa shape index (κ3) is 5.93. The summed E-state index contributed by atoms with van der Waals surface area (Å²) in [7, 11) is 0. The van der Waals surface area contributed by atoms with Gasteiger partial charge in [0.05, 0.1) is 6.04 Å². The fraction of sp³-hybridized carbons (Fsp3) is 0.529. The molecule has 1 rings (SSSR count). The summed E-state index contributed by atoms with van der Waals surface area (Å²) in [5, 5.41) is 1.71. The number of hydrazine groups is 1. The van der Waals surface area contributed by atoms with Crippen molar-refractivity contribution < 1.29 is 14.0 Å². The summed E-state index contributed by atoms with van der Waals surface area (Å²) in [5.41, 5.74) is 3.44. The summed E-state index contributed by atoms with van der Waals surface area (Å²) in [6.07, 6.45) is 3.86. The monoisotopic (exact) mass is 308 g/mol. The fourth-order valence-electron chi connectivity index (χ4n) is 2.51. The molecule has 22 heavy (non-hydrogen) atoms. The Kier molecular flexibility index (Phi) is 8.36. The van der Waals surface area contributed by atoms with Gasteiger partial charge in [-0.3, -0.25) is 15.0 Å². The zero-order valence-electron chi connectivity index (χ0n) is 13.3. The van der Waals surface area contributed by atoms with Crippen molar-refractivity contribution in [2.75, 3.05) is 6.54 Å². The quantitative estimate of drug-likeness (QED) is 0.505. The first-order valence-corrected chi connectivity index (χ1v) is 7.86. The molecule has 0 spiro atoms. The molecule has 0 aromatic heterocycles. The zero-order chi connectivity index (χ0) is 16.4. The lowest BCUT2D eigenvalue weighted by molar-refractivity contribution is -0.127. The van der Waals surface area contributed by atoms with Crippen molar-refractivity contribution in [2.24, 2.45) is 0 Å². The van der Waals surface area contributed by atoms with E-state index in [9.17, 15) is 14.0 Å². The van der Waals surface area contributed by atoms with Crippen molar-refractivity contribution in [1.82, 2.24) is 10.4 Å². The lowest BCUT2D eigenvalue weighted by Crippen LogP contribution is -2.49. The number of nitrogens with one attached hydrogen (secondary N) is 1. The number of amides is 1. The number of halogens is 1. The highest BCUT2D eigenvalue weighted by atomic mass is 19.1. The highest BCUT2D eigenvalue weighted by Gasteiger charge is 2.24. The van der Waals surface area contributed by atoms with Crippen LogP contribution in [0.25, 0.3) is 0 Å². The lowest BCUT2D eigenvalue weighted by Gasteiger charge is -2.29. The zero-order valence-corrected chi connectivity index (χ0v) is 13.3. The number of hydrogen-bond donors (Lipinski definition) is 1. The number of nitrogens with zero attached hydrogens (tertiary/aromatic N) is 1. The van der Waals surface area contributed by atoms with Crippen molar-refractivity contribution in [3.63, 3.8) is 0 Å². The Hall–Kier alpha value is -1.75. The molecule has 1 amide bonds. The first-order chi connectivity index (χ1) is 10.6. The van der Waals surface area contributed by atoms with Gasteiger partial charge in [0.1, 0.15) is 5.82 Å². The van der Waals surface area contributed by atoms with Crippen LogP contribution in [-0.2, 0) is 16.0 Å². The second-order valence-corrected chi connectivity index (χ2v) is 5.34. The molecule has 122 valence electrons. The normalized spacial score (nSPS) is 12.2. The van der Waals surface area contributed by atoms with Crippen LogP contribution in [0.2, 0.25) is 0 Å². The van der Waals surface area contributed by atoms with Gasteiger partial charge in [-0.1, -0.05) is 32.4 Å². The van der Waals surface area contributed by atoms with E-state index in [0.717, 1.165) is 18.4 Å². The number of ketones is 1. The van der Waals surface area contributed by atoms with Crippen molar-refractivity contribution in [2.45, 2.75) is 52.0 Å². The molecule has 0 saturated carbocycles. The van der Waals surface area contributed by atoms with Crippen LogP contribution >= 0.6 is 0 Å². The number of aryl methyl sites for hydroxylation is 1. The van der Waals surface area contributed by atoms with E-state index in [1.165, 1.54) is 12.1 Å². The highest BCUT2D eigenvalue weighted by Crippen LogP contribution is 2.12. The molecule has 0 heterocycles. The Labute approximate surface area is 131 Å². The maximum absolute atomic E-state index is 13.2. The summed E-state index contributed by atoms with van der Waals surface area (Å²) in [5.74, 6) is -0.209. The summed E-state index contributed by atoms with van der Waals surface area (Å²) < 4.78 is 13.2. The molecule has 0 saturated heterocycles. The van der Waals surface area contributed by atoms with E-state index in [1.54, 1.807) is 11.1 Å². The average Bonchev–Trinajstić information content (AvgIpc) is 2.50. The summed E-state index contributed by atoms with van der Waals surface area (Å²) in [6.45, 7) is 4.65. The first kappa shape index (κ1) is 18.3. The number of carbonyl (C=O) groups excluding carboxylic acids is 2. The number of benzene rings is 1. The van der Waals surface area contributed by atoms with E-state index in [2.05, 4.69) is 5.43 Å². The molecule has 1 atom stereocenters. The van der Waals surface area contributed by atoms with Crippen molar-refractivity contribution in [1.29, 1.82) is 0 Å². The average molecular weight is 308 g/mol. The van der Waals surface area contributed by atoms with E-state index in [0.29, 0.717) is 32.2 Å². The standard InChI is InChI=1S/C17H25FN2O2/c1-3-6-16(20(11-4-2)19-13-21)17(22)10-9-14-7-5-8-15(18)12-14/h5,7-8,12-13,16H,3-4,6,9-11H2,1-2H3,(H,19,21). The Bertz CT molecular complexity index is 479. The summed E-state index contributed by atoms with van der Waals surface area (Å²) in [6, 6.07) is 6.00. The van der Waals surface area contributed by atoms with Crippen LogP contribution in [0, 0.1) is 5.82 Å². The summed E-state index contributed by atoms with van der Waals surface area (Å²) >= 11 is 0. The van der Waals surface area contributed by atoms with Gasteiger partial charge in [0, 0.05) is 13.0 Å². The molecule has 0 bridgehead atoms. The molecule has 0 aliphatic rings.